The molecule has 1 amide bonds. The Labute approximate surface area is 177 Å². The molecular weight excluding hydrogens is 400 g/mol. The molecule has 3 aromatic carbocycles. The number of anilines is 1. The zero-order valence-electron chi connectivity index (χ0n) is 16.9. The van der Waals surface area contributed by atoms with Gasteiger partial charge in [-0.3, -0.25) is 9.52 Å². The van der Waals surface area contributed by atoms with Crippen LogP contribution in [0.25, 0.3) is 0 Å². The number of rotatable bonds is 8. The summed E-state index contributed by atoms with van der Waals surface area (Å²) < 4.78 is 33.4. The summed E-state index contributed by atoms with van der Waals surface area (Å²) in [5.41, 5.74) is 2.47. The van der Waals surface area contributed by atoms with Crippen molar-refractivity contribution in [1.82, 2.24) is 5.32 Å². The van der Waals surface area contributed by atoms with Crippen molar-refractivity contribution in [2.24, 2.45) is 0 Å². The number of hydrogen-bond donors (Lipinski definition) is 2. The minimum Gasteiger partial charge on any atom is -0.494 e. The highest BCUT2D eigenvalue weighted by Gasteiger charge is 2.16. The molecule has 0 aliphatic heterocycles. The average molecular weight is 425 g/mol. The Hall–Kier alpha value is -3.32. The number of carbonyl (C=O) groups is 1. The molecule has 156 valence electrons. The van der Waals surface area contributed by atoms with Crippen molar-refractivity contribution in [2.45, 2.75) is 25.3 Å². The third-order valence-corrected chi connectivity index (χ3v) is 5.87. The molecule has 0 aliphatic rings. The van der Waals surface area contributed by atoms with Crippen LogP contribution in [0.15, 0.2) is 77.7 Å². The first-order valence-corrected chi connectivity index (χ1v) is 11.1. The number of aryl methyl sites for hydroxylation is 1. The molecule has 3 aromatic rings. The standard InChI is InChI=1S/C23H24N2O4S/c1-3-29-22-14-13-18(15-17(22)2)23(26)24-16-19-9-7-8-12-21(19)25-30(27,28)20-10-5-4-6-11-20/h4-15,25H,3,16H2,1-2H3,(H,24,26). The highest BCUT2D eigenvalue weighted by atomic mass is 32.2. The molecule has 0 aromatic heterocycles. The summed E-state index contributed by atoms with van der Waals surface area (Å²) in [6.07, 6.45) is 0. The molecule has 30 heavy (non-hydrogen) atoms. The summed E-state index contributed by atoms with van der Waals surface area (Å²) in [6.45, 7) is 4.53. The van der Waals surface area contributed by atoms with E-state index in [1.165, 1.54) is 12.1 Å². The zero-order valence-corrected chi connectivity index (χ0v) is 17.7. The maximum absolute atomic E-state index is 12.6. The summed E-state index contributed by atoms with van der Waals surface area (Å²) in [7, 11) is -3.72. The van der Waals surface area contributed by atoms with Crippen LogP contribution < -0.4 is 14.8 Å². The zero-order chi connectivity index (χ0) is 21.6. The Morgan fingerprint density at radius 1 is 0.967 bits per heavy atom. The van der Waals surface area contributed by atoms with Crippen molar-refractivity contribution >= 4 is 21.6 Å². The summed E-state index contributed by atoms with van der Waals surface area (Å²) in [6, 6.07) is 20.4. The highest BCUT2D eigenvalue weighted by molar-refractivity contribution is 7.92. The van der Waals surface area contributed by atoms with Gasteiger partial charge in [-0.15, -0.1) is 0 Å². The van der Waals surface area contributed by atoms with Gasteiger partial charge in [0, 0.05) is 12.1 Å². The van der Waals surface area contributed by atoms with Crippen LogP contribution in [0.1, 0.15) is 28.4 Å². The monoisotopic (exact) mass is 424 g/mol. The van der Waals surface area contributed by atoms with Crippen molar-refractivity contribution in [3.63, 3.8) is 0 Å². The van der Waals surface area contributed by atoms with Crippen LogP contribution in [0.3, 0.4) is 0 Å². The fourth-order valence-electron chi connectivity index (χ4n) is 2.96. The fraction of sp³-hybridized carbons (Fsp3) is 0.174. The van der Waals surface area contributed by atoms with Gasteiger partial charge in [-0.25, -0.2) is 8.42 Å². The van der Waals surface area contributed by atoms with E-state index >= 15 is 0 Å². The first kappa shape index (κ1) is 21.4. The largest absolute Gasteiger partial charge is 0.494 e. The van der Waals surface area contributed by atoms with Gasteiger partial charge >= 0.3 is 0 Å². The van der Waals surface area contributed by atoms with Crippen molar-refractivity contribution in [2.75, 3.05) is 11.3 Å². The number of nitrogens with one attached hydrogen (secondary N) is 2. The number of benzene rings is 3. The minimum absolute atomic E-state index is 0.175. The number of hydrogen-bond acceptors (Lipinski definition) is 4. The first-order chi connectivity index (χ1) is 14.4. The predicted octanol–water partition coefficient (Wildman–Crippen LogP) is 4.12. The molecule has 0 heterocycles. The van der Waals surface area contributed by atoms with Gasteiger partial charge in [0.15, 0.2) is 0 Å². The van der Waals surface area contributed by atoms with Crippen molar-refractivity contribution in [3.05, 3.63) is 89.5 Å². The van der Waals surface area contributed by atoms with Crippen LogP contribution in [-0.4, -0.2) is 20.9 Å². The maximum Gasteiger partial charge on any atom is 0.261 e. The van der Waals surface area contributed by atoms with E-state index in [0.717, 1.165) is 11.3 Å². The Balaban J connectivity index is 1.72. The first-order valence-electron chi connectivity index (χ1n) is 9.58. The summed E-state index contributed by atoms with van der Waals surface area (Å²) >= 11 is 0. The van der Waals surface area contributed by atoms with E-state index in [0.29, 0.717) is 23.4 Å². The number of ether oxygens (including phenoxy) is 1. The lowest BCUT2D eigenvalue weighted by Crippen LogP contribution is -2.24. The quantitative estimate of drug-likeness (QED) is 0.570. The van der Waals surface area contributed by atoms with Crippen LogP contribution in [0.2, 0.25) is 0 Å². The molecule has 2 N–H and O–H groups in total. The molecule has 0 radical (unpaired) electrons. The van der Waals surface area contributed by atoms with E-state index in [4.69, 9.17) is 4.74 Å². The van der Waals surface area contributed by atoms with Gasteiger partial charge in [0.1, 0.15) is 5.75 Å². The second kappa shape index (κ2) is 9.45. The second-order valence-electron chi connectivity index (χ2n) is 6.67. The smallest absolute Gasteiger partial charge is 0.261 e. The molecular formula is C23H24N2O4S. The molecule has 0 saturated heterocycles. The van der Waals surface area contributed by atoms with E-state index in [9.17, 15) is 13.2 Å². The van der Waals surface area contributed by atoms with Crippen molar-refractivity contribution in [3.8, 4) is 5.75 Å². The SMILES string of the molecule is CCOc1ccc(C(=O)NCc2ccccc2NS(=O)(=O)c2ccccc2)cc1C. The van der Waals surface area contributed by atoms with Gasteiger partial charge in [-0.05, 0) is 61.4 Å². The third kappa shape index (κ3) is 5.18. The van der Waals surface area contributed by atoms with Gasteiger partial charge in [0.2, 0.25) is 0 Å². The average Bonchev–Trinajstić information content (AvgIpc) is 2.75. The molecule has 0 aliphatic carbocycles. The summed E-state index contributed by atoms with van der Waals surface area (Å²) in [5, 5.41) is 2.85. The molecule has 0 bridgehead atoms. The Bertz CT molecular complexity index is 1130. The topological polar surface area (TPSA) is 84.5 Å². The molecule has 3 rings (SSSR count). The normalized spacial score (nSPS) is 11.0. The lowest BCUT2D eigenvalue weighted by molar-refractivity contribution is 0.0951. The van der Waals surface area contributed by atoms with Gasteiger partial charge in [-0.1, -0.05) is 36.4 Å². The fourth-order valence-corrected chi connectivity index (χ4v) is 4.08. The van der Waals surface area contributed by atoms with Gasteiger partial charge < -0.3 is 10.1 Å². The van der Waals surface area contributed by atoms with Crippen LogP contribution in [0.4, 0.5) is 5.69 Å². The van der Waals surface area contributed by atoms with Gasteiger partial charge in [-0.2, -0.15) is 0 Å². The summed E-state index contributed by atoms with van der Waals surface area (Å²) in [5.74, 6) is 0.497. The lowest BCUT2D eigenvalue weighted by Gasteiger charge is -2.14. The van der Waals surface area contributed by atoms with E-state index in [1.807, 2.05) is 13.8 Å². The van der Waals surface area contributed by atoms with Crippen LogP contribution >= 0.6 is 0 Å². The van der Waals surface area contributed by atoms with Gasteiger partial charge in [0.05, 0.1) is 17.2 Å². The third-order valence-electron chi connectivity index (χ3n) is 4.49. The van der Waals surface area contributed by atoms with E-state index in [1.54, 1.807) is 60.7 Å². The molecule has 0 saturated carbocycles. The Morgan fingerprint density at radius 3 is 2.37 bits per heavy atom. The van der Waals surface area contributed by atoms with Crippen molar-refractivity contribution in [1.29, 1.82) is 0 Å². The van der Waals surface area contributed by atoms with Crippen LogP contribution in [0, 0.1) is 6.92 Å². The van der Waals surface area contributed by atoms with Crippen LogP contribution in [-0.2, 0) is 16.6 Å². The Kier molecular flexibility index (Phi) is 6.74. The molecule has 0 unspecified atom stereocenters. The summed E-state index contributed by atoms with van der Waals surface area (Å²) in [4.78, 5) is 12.7. The molecule has 7 heteroatoms. The number of carbonyl (C=O) groups excluding carboxylic acids is 1. The predicted molar refractivity (Wildman–Crippen MR) is 117 cm³/mol. The van der Waals surface area contributed by atoms with E-state index in [2.05, 4.69) is 10.0 Å². The number of amides is 1. The Morgan fingerprint density at radius 2 is 1.67 bits per heavy atom. The number of para-hydroxylation sites is 1. The van der Waals surface area contributed by atoms with Crippen LogP contribution in [0.5, 0.6) is 5.75 Å². The lowest BCUT2D eigenvalue weighted by atomic mass is 10.1. The second-order valence-corrected chi connectivity index (χ2v) is 8.35. The highest BCUT2D eigenvalue weighted by Crippen LogP contribution is 2.21. The minimum atomic E-state index is -3.72. The molecule has 0 atom stereocenters. The van der Waals surface area contributed by atoms with E-state index in [-0.39, 0.29) is 17.3 Å². The number of sulfonamides is 1. The molecule has 6 nitrogen and oxygen atoms in total. The molecule has 0 fully saturated rings. The maximum atomic E-state index is 12.6. The van der Waals surface area contributed by atoms with Crippen molar-refractivity contribution < 1.29 is 17.9 Å². The van der Waals surface area contributed by atoms with E-state index < -0.39 is 10.0 Å². The van der Waals surface area contributed by atoms with Gasteiger partial charge in [0.25, 0.3) is 15.9 Å². The molecule has 0 spiro atoms.